The Kier molecular flexibility index (Phi) is 7.34. The number of rotatable bonds is 9. The topological polar surface area (TPSA) is 95.1 Å². The molecule has 0 spiro atoms. The molecule has 2 N–H and O–H groups in total. The van der Waals surface area contributed by atoms with Gasteiger partial charge >= 0.3 is 0 Å². The van der Waals surface area contributed by atoms with E-state index < -0.39 is 4.92 Å². The monoisotopic (exact) mass is 388 g/mol. The highest BCUT2D eigenvalue weighted by molar-refractivity contribution is 5.95. The summed E-state index contributed by atoms with van der Waals surface area (Å²) in [5.41, 5.74) is 1.40. The van der Waals surface area contributed by atoms with E-state index in [1.807, 2.05) is 45.2 Å². The number of carbonyl (C=O) groups is 1. The Bertz CT molecular complexity index is 823. The van der Waals surface area contributed by atoms with Gasteiger partial charge in [0.25, 0.3) is 11.6 Å². The molecule has 2 atom stereocenters. The average Bonchev–Trinajstić information content (AvgIpc) is 2.69. The van der Waals surface area contributed by atoms with Gasteiger partial charge < -0.3 is 19.7 Å². The molecule has 0 fully saturated rings. The zero-order valence-electron chi connectivity index (χ0n) is 16.5. The molecule has 0 heterocycles. The molecule has 8 nitrogen and oxygen atoms in total. The third kappa shape index (κ3) is 5.43. The van der Waals surface area contributed by atoms with E-state index >= 15 is 0 Å². The molecular formula is C20H26N3O5+. The van der Waals surface area contributed by atoms with Gasteiger partial charge in [0.2, 0.25) is 0 Å². The lowest BCUT2D eigenvalue weighted by molar-refractivity contribution is -0.907. The van der Waals surface area contributed by atoms with Crippen LogP contribution in [0.15, 0.2) is 42.5 Å². The van der Waals surface area contributed by atoms with Gasteiger partial charge in [-0.2, -0.15) is 0 Å². The van der Waals surface area contributed by atoms with Gasteiger partial charge in [-0.15, -0.1) is 0 Å². The number of non-ortho nitro benzene ring substituents is 1. The second-order valence-corrected chi connectivity index (χ2v) is 6.45. The molecule has 0 saturated carbocycles. The molecule has 2 rings (SSSR count). The normalized spacial score (nSPS) is 12.7. The van der Waals surface area contributed by atoms with Crippen LogP contribution in [0.4, 0.5) is 11.4 Å². The second kappa shape index (κ2) is 9.70. The highest BCUT2D eigenvalue weighted by Gasteiger charge is 2.23. The van der Waals surface area contributed by atoms with Crippen LogP contribution in [-0.4, -0.2) is 37.6 Å². The first-order valence-electron chi connectivity index (χ1n) is 9.03. The molecule has 0 aliphatic rings. The van der Waals surface area contributed by atoms with E-state index in [0.29, 0.717) is 18.8 Å². The van der Waals surface area contributed by atoms with Gasteiger partial charge in [-0.1, -0.05) is 0 Å². The Morgan fingerprint density at radius 3 is 2.50 bits per heavy atom. The third-order valence-corrected chi connectivity index (χ3v) is 4.50. The predicted molar refractivity (Wildman–Crippen MR) is 106 cm³/mol. The largest absolute Gasteiger partial charge is 0.494 e. The van der Waals surface area contributed by atoms with Gasteiger partial charge in [-0.25, -0.2) is 0 Å². The fourth-order valence-corrected chi connectivity index (χ4v) is 2.71. The van der Waals surface area contributed by atoms with Crippen LogP contribution in [0, 0.1) is 10.1 Å². The summed E-state index contributed by atoms with van der Waals surface area (Å²) in [6.07, 6.45) is 0. The second-order valence-electron chi connectivity index (χ2n) is 6.45. The molecule has 2 aromatic carbocycles. The number of hydrogen-bond acceptors (Lipinski definition) is 5. The molecule has 0 saturated heterocycles. The van der Waals surface area contributed by atoms with Crippen molar-refractivity contribution < 1.29 is 24.1 Å². The quantitative estimate of drug-likeness (QED) is 0.506. The van der Waals surface area contributed by atoms with Crippen molar-refractivity contribution in [3.63, 3.8) is 0 Å². The van der Waals surface area contributed by atoms with Crippen molar-refractivity contribution in [1.82, 2.24) is 0 Å². The molecule has 1 amide bonds. The van der Waals surface area contributed by atoms with Crippen LogP contribution in [-0.2, 0) is 11.3 Å². The average molecular weight is 388 g/mol. The Labute approximate surface area is 164 Å². The molecule has 0 bridgehead atoms. The highest BCUT2D eigenvalue weighted by atomic mass is 16.6. The van der Waals surface area contributed by atoms with E-state index in [0.717, 1.165) is 16.2 Å². The molecule has 0 radical (unpaired) electrons. The summed E-state index contributed by atoms with van der Waals surface area (Å²) in [6.45, 7) is 5.05. The predicted octanol–water partition coefficient (Wildman–Crippen LogP) is 2.04. The number of nitrogens with one attached hydrogen (secondary N) is 2. The van der Waals surface area contributed by atoms with Crippen LogP contribution >= 0.6 is 0 Å². The van der Waals surface area contributed by atoms with Crippen molar-refractivity contribution in [1.29, 1.82) is 0 Å². The zero-order chi connectivity index (χ0) is 20.7. The van der Waals surface area contributed by atoms with Crippen LogP contribution in [0.25, 0.3) is 0 Å². The van der Waals surface area contributed by atoms with Crippen molar-refractivity contribution in [2.75, 3.05) is 26.1 Å². The van der Waals surface area contributed by atoms with Crippen molar-refractivity contribution in [3.05, 3.63) is 58.1 Å². The first-order valence-corrected chi connectivity index (χ1v) is 9.03. The number of anilines is 1. The lowest BCUT2D eigenvalue weighted by atomic mass is 10.1. The number of hydrogen-bond donors (Lipinski definition) is 2. The smallest absolute Gasteiger partial charge is 0.282 e. The first kappa shape index (κ1) is 21.2. The van der Waals surface area contributed by atoms with Gasteiger partial charge in [-0.05, 0) is 44.2 Å². The lowest BCUT2D eigenvalue weighted by Crippen LogP contribution is -3.12. The number of likely N-dealkylation sites (N-methyl/N-ethyl adjacent to an activating group) is 1. The van der Waals surface area contributed by atoms with Crippen molar-refractivity contribution in [2.24, 2.45) is 0 Å². The summed E-state index contributed by atoms with van der Waals surface area (Å²) in [4.78, 5) is 24.0. The minimum Gasteiger partial charge on any atom is -0.494 e. The van der Waals surface area contributed by atoms with Gasteiger partial charge in [0.05, 0.1) is 37.4 Å². The van der Waals surface area contributed by atoms with Crippen molar-refractivity contribution in [2.45, 2.75) is 26.4 Å². The SMILES string of the molecule is CCOc1ccc(C[NH+](C)[C@H](C)C(=O)Nc2ccc([N+](=O)[O-])cc2OC)cc1. The van der Waals surface area contributed by atoms with E-state index in [1.165, 1.54) is 25.3 Å². The third-order valence-electron chi connectivity index (χ3n) is 4.50. The van der Waals surface area contributed by atoms with E-state index in [2.05, 4.69) is 5.32 Å². The minimum absolute atomic E-state index is 0.0962. The molecule has 150 valence electrons. The van der Waals surface area contributed by atoms with Gasteiger partial charge in [0, 0.05) is 11.6 Å². The minimum atomic E-state index is -0.508. The maximum atomic E-state index is 12.6. The van der Waals surface area contributed by atoms with Gasteiger partial charge in [0.15, 0.2) is 6.04 Å². The Balaban J connectivity index is 2.02. The molecular weight excluding hydrogens is 362 g/mol. The molecule has 0 aromatic heterocycles. The van der Waals surface area contributed by atoms with Crippen LogP contribution in [0.1, 0.15) is 19.4 Å². The fraction of sp³-hybridized carbons (Fsp3) is 0.350. The van der Waals surface area contributed by atoms with Crippen molar-refractivity contribution >= 4 is 17.3 Å². The molecule has 1 unspecified atom stereocenters. The number of benzene rings is 2. The number of nitro benzene ring substituents is 1. The van der Waals surface area contributed by atoms with E-state index in [-0.39, 0.29) is 23.4 Å². The Morgan fingerprint density at radius 1 is 1.25 bits per heavy atom. The molecule has 28 heavy (non-hydrogen) atoms. The van der Waals surface area contributed by atoms with Crippen LogP contribution in [0.3, 0.4) is 0 Å². The Morgan fingerprint density at radius 2 is 1.93 bits per heavy atom. The number of amides is 1. The summed E-state index contributed by atoms with van der Waals surface area (Å²) in [5.74, 6) is 0.870. The summed E-state index contributed by atoms with van der Waals surface area (Å²) >= 11 is 0. The summed E-state index contributed by atoms with van der Waals surface area (Å²) < 4.78 is 10.6. The van der Waals surface area contributed by atoms with E-state index in [4.69, 9.17) is 9.47 Å². The van der Waals surface area contributed by atoms with Crippen LogP contribution < -0.4 is 19.7 Å². The number of ether oxygens (including phenoxy) is 2. The number of quaternary nitrogens is 1. The van der Waals surface area contributed by atoms with Crippen molar-refractivity contribution in [3.8, 4) is 11.5 Å². The maximum Gasteiger partial charge on any atom is 0.282 e. The van der Waals surface area contributed by atoms with E-state index in [1.54, 1.807) is 0 Å². The maximum absolute atomic E-state index is 12.6. The number of nitro groups is 1. The molecule has 8 heteroatoms. The zero-order valence-corrected chi connectivity index (χ0v) is 16.5. The van der Waals surface area contributed by atoms with E-state index in [9.17, 15) is 14.9 Å². The summed E-state index contributed by atoms with van der Waals surface area (Å²) in [6, 6.07) is 11.6. The van der Waals surface area contributed by atoms with Crippen LogP contribution in [0.5, 0.6) is 11.5 Å². The molecule has 0 aliphatic carbocycles. The van der Waals surface area contributed by atoms with Crippen LogP contribution in [0.2, 0.25) is 0 Å². The highest BCUT2D eigenvalue weighted by Crippen LogP contribution is 2.28. The Hall–Kier alpha value is -3.13. The number of carbonyl (C=O) groups excluding carboxylic acids is 1. The number of nitrogens with zero attached hydrogens (tertiary/aromatic N) is 1. The first-order chi connectivity index (χ1) is 13.3. The number of methoxy groups -OCH3 is 1. The summed E-state index contributed by atoms with van der Waals surface area (Å²) in [5, 5.41) is 13.7. The fourth-order valence-electron chi connectivity index (χ4n) is 2.71. The summed E-state index contributed by atoms with van der Waals surface area (Å²) in [7, 11) is 3.34. The molecule has 0 aliphatic heterocycles. The standard InChI is InChI=1S/C20H25N3O5/c1-5-28-17-9-6-15(7-10-17)13-22(3)14(2)20(24)21-18-11-8-16(23(25)26)12-19(18)27-4/h6-12,14H,5,13H2,1-4H3,(H,21,24)/p+1/t14-/m1/s1. The van der Waals surface area contributed by atoms with Gasteiger partial charge in [0.1, 0.15) is 18.0 Å². The lowest BCUT2D eigenvalue weighted by Gasteiger charge is -2.21. The van der Waals surface area contributed by atoms with Gasteiger partial charge in [-0.3, -0.25) is 14.9 Å². The molecule has 2 aromatic rings.